The van der Waals surface area contributed by atoms with Gasteiger partial charge in [-0.25, -0.2) is 4.79 Å². The van der Waals surface area contributed by atoms with Crippen molar-refractivity contribution >= 4 is 37.8 Å². The van der Waals surface area contributed by atoms with Crippen molar-refractivity contribution in [2.75, 3.05) is 0 Å². The first-order valence-electron chi connectivity index (χ1n) is 5.72. The predicted octanol–water partition coefficient (Wildman–Crippen LogP) is 5.05. The summed E-state index contributed by atoms with van der Waals surface area (Å²) in [6.07, 6.45) is 0. The molecular weight excluding hydrogens is 372 g/mol. The third-order valence-corrected chi connectivity index (χ3v) is 3.80. The van der Waals surface area contributed by atoms with Gasteiger partial charge in [0.2, 0.25) is 0 Å². The van der Waals surface area contributed by atoms with Crippen molar-refractivity contribution in [1.29, 1.82) is 0 Å². The van der Waals surface area contributed by atoms with Crippen molar-refractivity contribution in [1.82, 2.24) is 0 Å². The molecule has 0 saturated carbocycles. The van der Waals surface area contributed by atoms with E-state index in [9.17, 15) is 4.79 Å². The molecule has 0 amide bonds. The molecule has 0 saturated heterocycles. The molecular formula is C15H12Br2O2. The highest BCUT2D eigenvalue weighted by molar-refractivity contribution is 9.11. The van der Waals surface area contributed by atoms with Gasteiger partial charge in [0.1, 0.15) is 0 Å². The topological polar surface area (TPSA) is 26.3 Å². The summed E-state index contributed by atoms with van der Waals surface area (Å²) >= 11 is 6.81. The van der Waals surface area contributed by atoms with E-state index in [0.717, 1.165) is 20.1 Å². The average Bonchev–Trinajstić information content (AvgIpc) is 2.34. The van der Waals surface area contributed by atoms with Crippen LogP contribution >= 0.6 is 31.9 Å². The number of rotatable bonds is 2. The standard InChI is InChI=1S/C15H12Br2O2/c1-9-3-5-11(6-4-9)15(18)19-14-12(16)7-10(2)8-13(14)17/h3-8H,1-2H3. The SMILES string of the molecule is Cc1ccc(C(=O)Oc2c(Br)cc(C)cc2Br)cc1. The smallest absolute Gasteiger partial charge is 0.343 e. The lowest BCUT2D eigenvalue weighted by Crippen LogP contribution is -2.09. The normalized spacial score (nSPS) is 10.3. The number of halogens is 2. The minimum Gasteiger partial charge on any atom is -0.421 e. The number of hydrogen-bond acceptors (Lipinski definition) is 2. The Labute approximate surface area is 129 Å². The molecule has 0 N–H and O–H groups in total. The van der Waals surface area contributed by atoms with Crippen LogP contribution in [-0.4, -0.2) is 5.97 Å². The van der Waals surface area contributed by atoms with Crippen molar-refractivity contribution in [3.63, 3.8) is 0 Å². The summed E-state index contributed by atoms with van der Waals surface area (Å²) in [6.45, 7) is 3.95. The maximum atomic E-state index is 12.1. The summed E-state index contributed by atoms with van der Waals surface area (Å²) in [5.41, 5.74) is 2.72. The third-order valence-electron chi connectivity index (χ3n) is 2.62. The average molecular weight is 384 g/mol. The number of ether oxygens (including phenoxy) is 1. The predicted molar refractivity (Wildman–Crippen MR) is 82.7 cm³/mol. The fraction of sp³-hybridized carbons (Fsp3) is 0.133. The van der Waals surface area contributed by atoms with Gasteiger partial charge in [-0.3, -0.25) is 0 Å². The lowest BCUT2D eigenvalue weighted by molar-refractivity contribution is 0.0732. The minimum absolute atomic E-state index is 0.370. The van der Waals surface area contributed by atoms with Gasteiger partial charge in [0, 0.05) is 0 Å². The second-order valence-electron chi connectivity index (χ2n) is 4.31. The zero-order valence-corrected chi connectivity index (χ0v) is 13.7. The molecule has 2 nitrogen and oxygen atoms in total. The Hall–Kier alpha value is -1.13. The van der Waals surface area contributed by atoms with Crippen LogP contribution in [0.15, 0.2) is 45.3 Å². The first-order valence-corrected chi connectivity index (χ1v) is 7.30. The van der Waals surface area contributed by atoms with Crippen molar-refractivity contribution < 1.29 is 9.53 Å². The largest absolute Gasteiger partial charge is 0.421 e. The number of esters is 1. The Kier molecular flexibility index (Phi) is 4.42. The monoisotopic (exact) mass is 382 g/mol. The Morgan fingerprint density at radius 1 is 0.947 bits per heavy atom. The van der Waals surface area contributed by atoms with Crippen LogP contribution in [0, 0.1) is 13.8 Å². The summed E-state index contributed by atoms with van der Waals surface area (Å²) in [4.78, 5) is 12.1. The second kappa shape index (κ2) is 5.88. The fourth-order valence-corrected chi connectivity index (χ4v) is 3.20. The van der Waals surface area contributed by atoms with Gasteiger partial charge in [-0.2, -0.15) is 0 Å². The molecule has 4 heteroatoms. The molecule has 2 rings (SSSR count). The Morgan fingerprint density at radius 3 is 2.00 bits per heavy atom. The summed E-state index contributed by atoms with van der Waals surface area (Å²) in [5, 5.41) is 0. The maximum absolute atomic E-state index is 12.1. The van der Waals surface area contributed by atoms with Crippen LogP contribution in [-0.2, 0) is 0 Å². The van der Waals surface area contributed by atoms with Gasteiger partial charge in [-0.05, 0) is 75.5 Å². The summed E-state index contributed by atoms with van der Waals surface area (Å²) in [5.74, 6) is 0.126. The molecule has 0 aliphatic heterocycles. The van der Waals surface area contributed by atoms with Gasteiger partial charge in [-0.1, -0.05) is 17.7 Å². The summed E-state index contributed by atoms with van der Waals surface area (Å²) < 4.78 is 6.92. The zero-order valence-electron chi connectivity index (χ0n) is 10.5. The van der Waals surface area contributed by atoms with E-state index in [1.54, 1.807) is 12.1 Å². The van der Waals surface area contributed by atoms with Gasteiger partial charge in [0.05, 0.1) is 14.5 Å². The van der Waals surface area contributed by atoms with Gasteiger partial charge in [0.25, 0.3) is 0 Å². The van der Waals surface area contributed by atoms with E-state index in [-0.39, 0.29) is 5.97 Å². The summed E-state index contributed by atoms with van der Waals surface area (Å²) in [7, 11) is 0. The first kappa shape index (κ1) is 14.3. The van der Waals surface area contributed by atoms with Crippen LogP contribution in [0.1, 0.15) is 21.5 Å². The second-order valence-corrected chi connectivity index (χ2v) is 6.02. The van der Waals surface area contributed by atoms with Crippen molar-refractivity contribution in [2.45, 2.75) is 13.8 Å². The molecule has 0 aliphatic rings. The van der Waals surface area contributed by atoms with Crippen molar-refractivity contribution in [3.8, 4) is 5.75 Å². The number of benzene rings is 2. The number of aryl methyl sites for hydroxylation is 2. The van der Waals surface area contributed by atoms with Gasteiger partial charge in [0.15, 0.2) is 5.75 Å². The number of carbonyl (C=O) groups is 1. The van der Waals surface area contributed by atoms with E-state index in [2.05, 4.69) is 31.9 Å². The molecule has 0 fully saturated rings. The molecule has 0 heterocycles. The highest BCUT2D eigenvalue weighted by Gasteiger charge is 2.14. The van der Waals surface area contributed by atoms with E-state index in [1.165, 1.54) is 0 Å². The quantitative estimate of drug-likeness (QED) is 0.535. The number of carbonyl (C=O) groups excluding carboxylic acids is 1. The highest BCUT2D eigenvalue weighted by Crippen LogP contribution is 2.35. The van der Waals surface area contributed by atoms with E-state index in [0.29, 0.717) is 11.3 Å². The van der Waals surface area contributed by atoms with Crippen LogP contribution in [0.25, 0.3) is 0 Å². The van der Waals surface area contributed by atoms with Gasteiger partial charge in [-0.15, -0.1) is 0 Å². The lowest BCUT2D eigenvalue weighted by Gasteiger charge is -2.09. The summed E-state index contributed by atoms with van der Waals surface area (Å²) in [6, 6.07) is 11.1. The molecule has 0 bridgehead atoms. The molecule has 0 spiro atoms. The Balaban J connectivity index is 2.26. The van der Waals surface area contributed by atoms with Crippen LogP contribution in [0.5, 0.6) is 5.75 Å². The van der Waals surface area contributed by atoms with Gasteiger partial charge < -0.3 is 4.74 Å². The van der Waals surface area contributed by atoms with Crippen molar-refractivity contribution in [3.05, 3.63) is 62.0 Å². The highest BCUT2D eigenvalue weighted by atomic mass is 79.9. The van der Waals surface area contributed by atoms with E-state index in [1.807, 2.05) is 38.1 Å². The minimum atomic E-state index is -0.370. The third kappa shape index (κ3) is 3.45. The molecule has 2 aromatic rings. The van der Waals surface area contributed by atoms with E-state index >= 15 is 0 Å². The first-order chi connectivity index (χ1) is 8.97. The molecule has 2 aromatic carbocycles. The lowest BCUT2D eigenvalue weighted by atomic mass is 10.1. The molecule has 0 unspecified atom stereocenters. The molecule has 98 valence electrons. The molecule has 0 atom stereocenters. The van der Waals surface area contributed by atoms with E-state index in [4.69, 9.17) is 4.74 Å². The van der Waals surface area contributed by atoms with Crippen LogP contribution in [0.4, 0.5) is 0 Å². The Morgan fingerprint density at radius 2 is 1.47 bits per heavy atom. The van der Waals surface area contributed by atoms with Crippen LogP contribution < -0.4 is 4.74 Å². The molecule has 0 radical (unpaired) electrons. The zero-order chi connectivity index (χ0) is 14.0. The molecule has 0 aliphatic carbocycles. The number of hydrogen-bond donors (Lipinski definition) is 0. The molecule has 19 heavy (non-hydrogen) atoms. The van der Waals surface area contributed by atoms with Crippen molar-refractivity contribution in [2.24, 2.45) is 0 Å². The fourth-order valence-electron chi connectivity index (χ4n) is 1.63. The van der Waals surface area contributed by atoms with Crippen LogP contribution in [0.3, 0.4) is 0 Å². The van der Waals surface area contributed by atoms with E-state index < -0.39 is 0 Å². The van der Waals surface area contributed by atoms with Gasteiger partial charge >= 0.3 is 5.97 Å². The molecule has 0 aromatic heterocycles. The van der Waals surface area contributed by atoms with Crippen LogP contribution in [0.2, 0.25) is 0 Å². The maximum Gasteiger partial charge on any atom is 0.343 e. The Bertz CT molecular complexity index is 596.